The Balaban J connectivity index is 1.50. The zero-order valence-electron chi connectivity index (χ0n) is 16.0. The van der Waals surface area contributed by atoms with Crippen LogP contribution in [-0.2, 0) is 14.8 Å². The third-order valence-corrected chi connectivity index (χ3v) is 7.04. The molecule has 3 rings (SSSR count). The van der Waals surface area contributed by atoms with Crippen LogP contribution in [-0.4, -0.2) is 66.9 Å². The molecular formula is C19H22BrN5O3S. The Morgan fingerprint density at radius 1 is 1.10 bits per heavy atom. The summed E-state index contributed by atoms with van der Waals surface area (Å²) in [7, 11) is -3.52. The highest BCUT2D eigenvalue weighted by atomic mass is 79.9. The van der Waals surface area contributed by atoms with Crippen molar-refractivity contribution in [2.75, 3.05) is 32.7 Å². The van der Waals surface area contributed by atoms with Gasteiger partial charge in [0, 0.05) is 48.6 Å². The van der Waals surface area contributed by atoms with E-state index >= 15 is 0 Å². The summed E-state index contributed by atoms with van der Waals surface area (Å²) in [6.07, 6.45) is 3.33. The minimum atomic E-state index is -3.52. The van der Waals surface area contributed by atoms with Crippen LogP contribution in [0.1, 0.15) is 12.5 Å². The number of aromatic nitrogens is 1. The van der Waals surface area contributed by atoms with E-state index in [1.165, 1.54) is 4.31 Å². The highest BCUT2D eigenvalue weighted by Crippen LogP contribution is 2.20. The van der Waals surface area contributed by atoms with E-state index in [9.17, 15) is 13.2 Å². The molecule has 0 spiro atoms. The van der Waals surface area contributed by atoms with E-state index in [-0.39, 0.29) is 17.3 Å². The summed E-state index contributed by atoms with van der Waals surface area (Å²) in [6, 6.07) is 10.2. The Bertz CT molecular complexity index is 973. The van der Waals surface area contributed by atoms with E-state index in [1.54, 1.807) is 43.6 Å². The van der Waals surface area contributed by atoms with E-state index in [0.29, 0.717) is 31.9 Å². The number of hydrogen-bond acceptors (Lipinski definition) is 6. The number of pyridine rings is 1. The van der Waals surface area contributed by atoms with Gasteiger partial charge in [0.25, 0.3) is 5.91 Å². The van der Waals surface area contributed by atoms with Gasteiger partial charge < -0.3 is 0 Å². The lowest BCUT2D eigenvalue weighted by Gasteiger charge is -2.33. The minimum Gasteiger partial charge on any atom is -0.292 e. The van der Waals surface area contributed by atoms with Gasteiger partial charge in [0.1, 0.15) is 0 Å². The van der Waals surface area contributed by atoms with E-state index in [4.69, 9.17) is 0 Å². The quantitative estimate of drug-likeness (QED) is 0.502. The van der Waals surface area contributed by atoms with Crippen LogP contribution in [0.2, 0.25) is 0 Å². The van der Waals surface area contributed by atoms with Crippen molar-refractivity contribution in [2.24, 2.45) is 5.10 Å². The molecule has 0 aliphatic carbocycles. The van der Waals surface area contributed by atoms with Gasteiger partial charge in [-0.2, -0.15) is 9.41 Å². The SMILES string of the molecule is CC(=NNC(=O)CN1CCN(S(=O)(=O)c2ccc(Br)cc2)CC1)c1ccncc1. The molecule has 10 heteroatoms. The van der Waals surface area contributed by atoms with Gasteiger partial charge in [-0.1, -0.05) is 15.9 Å². The molecule has 0 bridgehead atoms. The normalized spacial score (nSPS) is 16.6. The smallest absolute Gasteiger partial charge is 0.254 e. The molecule has 1 fully saturated rings. The number of carbonyl (C=O) groups is 1. The number of amides is 1. The fourth-order valence-corrected chi connectivity index (χ4v) is 4.61. The Labute approximate surface area is 178 Å². The maximum atomic E-state index is 12.7. The second kappa shape index (κ2) is 9.57. The number of carbonyl (C=O) groups excluding carboxylic acids is 1. The Hall–Kier alpha value is -2.14. The largest absolute Gasteiger partial charge is 0.292 e. The first-order valence-electron chi connectivity index (χ1n) is 9.08. The van der Waals surface area contributed by atoms with E-state index in [1.807, 2.05) is 17.0 Å². The average Bonchev–Trinajstić information content (AvgIpc) is 2.73. The standard InChI is InChI=1S/C19H22BrN5O3S/c1-15(16-6-8-21-9-7-16)22-23-19(26)14-24-10-12-25(13-11-24)29(27,28)18-4-2-17(20)3-5-18/h2-9H,10-14H2,1H3,(H,23,26). The predicted molar refractivity (Wildman–Crippen MR) is 114 cm³/mol. The number of hydrazone groups is 1. The van der Waals surface area contributed by atoms with Gasteiger partial charge in [-0.25, -0.2) is 13.8 Å². The average molecular weight is 480 g/mol. The third kappa shape index (κ3) is 5.69. The summed E-state index contributed by atoms with van der Waals surface area (Å²) in [5.74, 6) is -0.234. The number of hydrogen-bond donors (Lipinski definition) is 1. The van der Waals surface area contributed by atoms with Gasteiger partial charge >= 0.3 is 0 Å². The number of sulfonamides is 1. The van der Waals surface area contributed by atoms with Crippen molar-refractivity contribution in [1.82, 2.24) is 19.6 Å². The van der Waals surface area contributed by atoms with Crippen LogP contribution in [0.3, 0.4) is 0 Å². The van der Waals surface area contributed by atoms with Crippen LogP contribution in [0.25, 0.3) is 0 Å². The first-order chi connectivity index (χ1) is 13.9. The van der Waals surface area contributed by atoms with Crippen molar-refractivity contribution >= 4 is 37.6 Å². The van der Waals surface area contributed by atoms with Crippen molar-refractivity contribution in [3.8, 4) is 0 Å². The monoisotopic (exact) mass is 479 g/mol. The van der Waals surface area contributed by atoms with Gasteiger partial charge in [-0.05, 0) is 43.3 Å². The molecule has 0 saturated carbocycles. The van der Waals surface area contributed by atoms with Gasteiger partial charge in [0.05, 0.1) is 17.2 Å². The maximum Gasteiger partial charge on any atom is 0.254 e. The molecule has 0 atom stereocenters. The molecule has 0 unspecified atom stereocenters. The Morgan fingerprint density at radius 2 is 1.72 bits per heavy atom. The molecule has 2 aromatic rings. The van der Waals surface area contributed by atoms with E-state index < -0.39 is 10.0 Å². The van der Waals surface area contributed by atoms with Gasteiger partial charge in [-0.3, -0.25) is 14.7 Å². The van der Waals surface area contributed by atoms with Crippen LogP contribution >= 0.6 is 15.9 Å². The fraction of sp³-hybridized carbons (Fsp3) is 0.316. The van der Waals surface area contributed by atoms with Crippen LogP contribution in [0.4, 0.5) is 0 Å². The zero-order valence-corrected chi connectivity index (χ0v) is 18.4. The molecule has 2 heterocycles. The fourth-order valence-electron chi connectivity index (χ4n) is 2.93. The van der Waals surface area contributed by atoms with Crippen LogP contribution in [0.5, 0.6) is 0 Å². The molecule has 29 heavy (non-hydrogen) atoms. The van der Waals surface area contributed by atoms with E-state index in [2.05, 4.69) is 31.4 Å². The number of nitrogens with zero attached hydrogens (tertiary/aromatic N) is 4. The Kier molecular flexibility index (Phi) is 7.12. The van der Waals surface area contributed by atoms with Crippen LogP contribution in [0.15, 0.2) is 63.3 Å². The molecule has 1 amide bonds. The second-order valence-electron chi connectivity index (χ2n) is 6.60. The molecular weight excluding hydrogens is 458 g/mol. The lowest BCUT2D eigenvalue weighted by Crippen LogP contribution is -2.50. The minimum absolute atomic E-state index is 0.166. The lowest BCUT2D eigenvalue weighted by atomic mass is 10.2. The molecule has 1 aromatic carbocycles. The topological polar surface area (TPSA) is 95.0 Å². The molecule has 0 radical (unpaired) electrons. The highest BCUT2D eigenvalue weighted by Gasteiger charge is 2.28. The van der Waals surface area contributed by atoms with E-state index in [0.717, 1.165) is 10.0 Å². The summed E-state index contributed by atoms with van der Waals surface area (Å²) < 4.78 is 27.7. The summed E-state index contributed by atoms with van der Waals surface area (Å²) in [4.78, 5) is 18.3. The summed E-state index contributed by atoms with van der Waals surface area (Å²) >= 11 is 3.31. The van der Waals surface area contributed by atoms with Gasteiger partial charge in [-0.15, -0.1) is 0 Å². The molecule has 154 valence electrons. The van der Waals surface area contributed by atoms with Crippen molar-refractivity contribution in [1.29, 1.82) is 0 Å². The lowest BCUT2D eigenvalue weighted by molar-refractivity contribution is -0.122. The first-order valence-corrected chi connectivity index (χ1v) is 11.3. The van der Waals surface area contributed by atoms with Gasteiger partial charge in [0.2, 0.25) is 10.0 Å². The molecule has 1 aromatic heterocycles. The van der Waals surface area contributed by atoms with Crippen molar-refractivity contribution in [2.45, 2.75) is 11.8 Å². The van der Waals surface area contributed by atoms with Crippen molar-refractivity contribution < 1.29 is 13.2 Å². The first kappa shape index (κ1) is 21.6. The summed E-state index contributed by atoms with van der Waals surface area (Å²) in [5.41, 5.74) is 4.12. The maximum absolute atomic E-state index is 12.7. The number of rotatable bonds is 6. The molecule has 1 N–H and O–H groups in total. The number of halogens is 1. The van der Waals surface area contributed by atoms with Crippen LogP contribution in [0, 0.1) is 0 Å². The summed E-state index contributed by atoms with van der Waals surface area (Å²) in [6.45, 7) is 3.61. The van der Waals surface area contributed by atoms with Crippen molar-refractivity contribution in [3.63, 3.8) is 0 Å². The molecule has 1 aliphatic rings. The molecule has 1 aliphatic heterocycles. The number of benzene rings is 1. The van der Waals surface area contributed by atoms with Crippen LogP contribution < -0.4 is 5.43 Å². The van der Waals surface area contributed by atoms with Crippen molar-refractivity contribution in [3.05, 3.63) is 58.8 Å². The van der Waals surface area contributed by atoms with Gasteiger partial charge in [0.15, 0.2) is 0 Å². The second-order valence-corrected chi connectivity index (χ2v) is 9.46. The zero-order chi connectivity index (χ0) is 20.9. The Morgan fingerprint density at radius 3 is 2.34 bits per heavy atom. The number of piperazine rings is 1. The molecule has 8 nitrogen and oxygen atoms in total. The summed E-state index contributed by atoms with van der Waals surface area (Å²) in [5, 5.41) is 4.11. The molecule has 1 saturated heterocycles. The predicted octanol–water partition coefficient (Wildman–Crippen LogP) is 1.69. The highest BCUT2D eigenvalue weighted by molar-refractivity contribution is 9.10. The third-order valence-electron chi connectivity index (χ3n) is 4.60. The number of nitrogens with one attached hydrogen (secondary N) is 1.